The number of ether oxygens (including phenoxy) is 4. The number of para-hydroxylation sites is 3. The van der Waals surface area contributed by atoms with Gasteiger partial charge in [0.1, 0.15) is 6.61 Å². The molecule has 3 unspecified atom stereocenters. The van der Waals surface area contributed by atoms with E-state index < -0.39 is 17.2 Å². The summed E-state index contributed by atoms with van der Waals surface area (Å²) in [5.74, 6) is -0.283. The molecular weight excluding hydrogens is 568 g/mol. The molecule has 3 atom stereocenters. The predicted molar refractivity (Wildman–Crippen MR) is 170 cm³/mol. The number of nitrogens with zero attached hydrogens (tertiary/aromatic N) is 4. The molecule has 0 N–H and O–H groups in total. The van der Waals surface area contributed by atoms with Crippen LogP contribution in [0.5, 0.6) is 0 Å². The van der Waals surface area contributed by atoms with Gasteiger partial charge in [-0.05, 0) is 57.2 Å². The number of carbonyl (C=O) groups excluding carboxylic acids is 1. The smallest absolute Gasteiger partial charge is 0.307 e. The topological polar surface area (TPSA) is 94.3 Å². The summed E-state index contributed by atoms with van der Waals surface area (Å²) in [6.07, 6.45) is 6.30. The van der Waals surface area contributed by atoms with E-state index in [1.165, 1.54) is 0 Å². The number of carbonyl (C=O) groups is 1. The molecule has 3 aliphatic heterocycles. The first-order chi connectivity index (χ1) is 21.7. The molecule has 0 saturated carbocycles. The third-order valence-electron chi connectivity index (χ3n) is 8.08. The number of hydrogen-bond donors (Lipinski definition) is 0. The molecule has 3 aromatic rings. The number of rotatable bonds is 15. The molecular formula is C36H40N4O5. The van der Waals surface area contributed by atoms with Crippen molar-refractivity contribution in [3.8, 4) is 0 Å². The Morgan fingerprint density at radius 1 is 0.578 bits per heavy atom. The van der Waals surface area contributed by atoms with Crippen molar-refractivity contribution in [2.45, 2.75) is 44.4 Å². The van der Waals surface area contributed by atoms with Crippen molar-refractivity contribution < 1.29 is 23.7 Å². The maximum Gasteiger partial charge on any atom is 0.307 e. The summed E-state index contributed by atoms with van der Waals surface area (Å²) in [6, 6.07) is 23.9. The van der Waals surface area contributed by atoms with Crippen LogP contribution < -0.4 is 31.7 Å². The molecule has 9 nitrogen and oxygen atoms in total. The van der Waals surface area contributed by atoms with E-state index in [1.807, 2.05) is 112 Å². The Morgan fingerprint density at radius 3 is 1.40 bits per heavy atom. The molecule has 6 rings (SSSR count). The van der Waals surface area contributed by atoms with Crippen LogP contribution in [-0.4, -0.2) is 74.1 Å². The van der Waals surface area contributed by atoms with Crippen molar-refractivity contribution in [3.63, 3.8) is 0 Å². The summed E-state index contributed by atoms with van der Waals surface area (Å²) >= 11 is 0. The van der Waals surface area contributed by atoms with Crippen molar-refractivity contribution in [1.82, 2.24) is 4.90 Å². The summed E-state index contributed by atoms with van der Waals surface area (Å²) in [6.45, 7) is 8.82. The minimum Gasteiger partial charge on any atom is -0.463 e. The van der Waals surface area contributed by atoms with E-state index in [2.05, 4.69) is 9.89 Å². The van der Waals surface area contributed by atoms with Gasteiger partial charge in [0.15, 0.2) is 17.2 Å². The second kappa shape index (κ2) is 13.1. The fourth-order valence-corrected chi connectivity index (χ4v) is 5.86. The summed E-state index contributed by atoms with van der Waals surface area (Å²) in [5.41, 5.74) is -2.19. The molecule has 45 heavy (non-hydrogen) atoms. The Morgan fingerprint density at radius 2 is 0.978 bits per heavy atom. The van der Waals surface area contributed by atoms with E-state index in [0.717, 1.165) is 31.7 Å². The SMILES string of the molecule is CC1(OCCOC(=O)CCN(CCOC2(C)C=c3ccccc3=N2)CCOC2(C)C=c3ccccc3=N2)C=c2ccccc2=N1. The Kier molecular flexibility index (Phi) is 9.05. The Balaban J connectivity index is 0.991. The minimum atomic E-state index is -0.755. The molecule has 3 heterocycles. The maximum atomic E-state index is 12.7. The molecule has 0 radical (unpaired) electrons. The first-order valence-electron chi connectivity index (χ1n) is 15.5. The lowest BCUT2D eigenvalue weighted by molar-refractivity contribution is -0.146. The summed E-state index contributed by atoms with van der Waals surface area (Å²) < 4.78 is 23.9. The van der Waals surface area contributed by atoms with Crippen LogP contribution in [-0.2, 0) is 23.7 Å². The van der Waals surface area contributed by atoms with E-state index in [9.17, 15) is 4.79 Å². The van der Waals surface area contributed by atoms with Crippen LogP contribution in [0.4, 0.5) is 0 Å². The van der Waals surface area contributed by atoms with Gasteiger partial charge in [-0.2, -0.15) is 0 Å². The van der Waals surface area contributed by atoms with Gasteiger partial charge in [-0.15, -0.1) is 0 Å². The summed E-state index contributed by atoms with van der Waals surface area (Å²) in [7, 11) is 0. The lowest BCUT2D eigenvalue weighted by atomic mass is 10.2. The molecule has 0 saturated heterocycles. The van der Waals surface area contributed by atoms with Crippen LogP contribution in [0, 0.1) is 0 Å². The van der Waals surface area contributed by atoms with E-state index in [1.54, 1.807) is 0 Å². The lowest BCUT2D eigenvalue weighted by Gasteiger charge is -2.27. The van der Waals surface area contributed by atoms with Crippen LogP contribution in [0.3, 0.4) is 0 Å². The number of benzene rings is 3. The molecule has 9 heteroatoms. The van der Waals surface area contributed by atoms with Gasteiger partial charge in [0.25, 0.3) is 0 Å². The molecule has 0 amide bonds. The van der Waals surface area contributed by atoms with Crippen molar-refractivity contribution in [2.24, 2.45) is 15.0 Å². The van der Waals surface area contributed by atoms with E-state index in [4.69, 9.17) is 28.9 Å². The van der Waals surface area contributed by atoms with E-state index in [0.29, 0.717) is 32.8 Å². The second-order valence-electron chi connectivity index (χ2n) is 12.0. The van der Waals surface area contributed by atoms with Gasteiger partial charge in [0.05, 0.1) is 42.3 Å². The first-order valence-corrected chi connectivity index (χ1v) is 15.5. The van der Waals surface area contributed by atoms with Crippen molar-refractivity contribution >= 4 is 24.2 Å². The maximum absolute atomic E-state index is 12.7. The zero-order valence-electron chi connectivity index (χ0n) is 26.1. The minimum absolute atomic E-state index is 0.160. The zero-order valence-corrected chi connectivity index (χ0v) is 26.1. The van der Waals surface area contributed by atoms with E-state index >= 15 is 0 Å². The average molecular weight is 609 g/mol. The molecule has 3 aromatic carbocycles. The monoisotopic (exact) mass is 608 g/mol. The Labute approximate surface area is 262 Å². The van der Waals surface area contributed by atoms with Crippen molar-refractivity contribution in [3.05, 3.63) is 105 Å². The van der Waals surface area contributed by atoms with Crippen LogP contribution in [0.25, 0.3) is 18.2 Å². The molecule has 0 fully saturated rings. The highest BCUT2D eigenvalue weighted by Crippen LogP contribution is 2.18. The zero-order chi connectivity index (χ0) is 31.3. The second-order valence-corrected chi connectivity index (χ2v) is 12.0. The van der Waals surface area contributed by atoms with Crippen LogP contribution in [0.2, 0.25) is 0 Å². The summed E-state index contributed by atoms with van der Waals surface area (Å²) in [4.78, 5) is 29.0. The van der Waals surface area contributed by atoms with Gasteiger partial charge >= 0.3 is 5.97 Å². The van der Waals surface area contributed by atoms with E-state index in [-0.39, 0.29) is 25.6 Å². The Bertz CT molecular complexity index is 1730. The highest BCUT2D eigenvalue weighted by molar-refractivity contribution is 5.69. The molecule has 0 aliphatic carbocycles. The third kappa shape index (κ3) is 7.80. The van der Waals surface area contributed by atoms with Crippen LogP contribution in [0.1, 0.15) is 27.2 Å². The number of esters is 1. The Hall–Kier alpha value is -4.02. The molecule has 0 aromatic heterocycles. The fraction of sp³-hybridized carbons (Fsp3) is 0.389. The van der Waals surface area contributed by atoms with Gasteiger partial charge in [-0.25, -0.2) is 15.0 Å². The van der Waals surface area contributed by atoms with Crippen LogP contribution in [0.15, 0.2) is 87.8 Å². The van der Waals surface area contributed by atoms with Crippen molar-refractivity contribution in [2.75, 3.05) is 46.1 Å². The predicted octanol–water partition coefficient (Wildman–Crippen LogP) is 0.762. The van der Waals surface area contributed by atoms with Gasteiger partial charge in [-0.1, -0.05) is 54.6 Å². The molecule has 0 spiro atoms. The van der Waals surface area contributed by atoms with Gasteiger partial charge in [-0.3, -0.25) is 9.69 Å². The summed E-state index contributed by atoms with van der Waals surface area (Å²) in [5, 5.41) is 5.95. The van der Waals surface area contributed by atoms with Gasteiger partial charge in [0, 0.05) is 35.3 Å². The quantitative estimate of drug-likeness (QED) is 0.187. The van der Waals surface area contributed by atoms with Gasteiger partial charge < -0.3 is 18.9 Å². The highest BCUT2D eigenvalue weighted by Gasteiger charge is 2.27. The number of hydrogen-bond acceptors (Lipinski definition) is 9. The number of fused-ring (bicyclic) bond motifs is 3. The molecule has 3 aliphatic rings. The highest BCUT2D eigenvalue weighted by atomic mass is 16.6. The average Bonchev–Trinajstić information content (AvgIpc) is 3.66. The normalized spacial score (nSPS) is 23.8. The van der Waals surface area contributed by atoms with Gasteiger partial charge in [0.2, 0.25) is 0 Å². The third-order valence-corrected chi connectivity index (χ3v) is 8.08. The molecule has 0 bridgehead atoms. The fourth-order valence-electron chi connectivity index (χ4n) is 5.86. The largest absolute Gasteiger partial charge is 0.463 e. The molecule has 234 valence electrons. The van der Waals surface area contributed by atoms with Crippen molar-refractivity contribution in [1.29, 1.82) is 0 Å². The standard InChI is InChI=1S/C36H40N4O5/c1-34(24-27-10-4-7-13-30(27)37-34)43-20-18-40(19-21-44-35(2)25-28-11-5-8-14-31(28)38-35)17-16-33(41)42-22-23-45-36(3)26-29-12-6-9-15-32(29)39-36/h4-15,24-26H,16-23H2,1-3H3. The first kappa shape index (κ1) is 31.0. The lowest BCUT2D eigenvalue weighted by Crippen LogP contribution is -2.37. The van der Waals surface area contributed by atoms with Crippen LogP contribution >= 0.6 is 0 Å².